The molecule has 0 saturated heterocycles. The fraction of sp³-hybridized carbons (Fsp3) is 0.650. The first-order valence-electron chi connectivity index (χ1n) is 10.1. The Hall–Kier alpha value is -2.15. The number of guanidine groups is 1. The van der Waals surface area contributed by atoms with E-state index in [9.17, 15) is 5.11 Å². The molecular weight excluding hydrogens is 340 g/mol. The topological polar surface area (TPSA) is 86.8 Å². The van der Waals surface area contributed by atoms with Crippen molar-refractivity contribution in [2.24, 2.45) is 4.99 Å². The normalized spacial score (nSPS) is 12.5. The lowest BCUT2D eigenvalue weighted by molar-refractivity contribution is 0.0306. The molecule has 2 aromatic heterocycles. The SMILES string of the molecule is CCCC(O)(CCC)CN=C(NCC)NCCCc1nnc2ccccn12. The van der Waals surface area contributed by atoms with Crippen molar-refractivity contribution < 1.29 is 5.11 Å². The maximum absolute atomic E-state index is 10.7. The van der Waals surface area contributed by atoms with Crippen molar-refractivity contribution in [2.45, 2.75) is 64.9 Å². The van der Waals surface area contributed by atoms with Crippen LogP contribution in [0, 0.1) is 0 Å². The van der Waals surface area contributed by atoms with Crippen LogP contribution in [0.1, 0.15) is 58.7 Å². The number of pyridine rings is 1. The van der Waals surface area contributed by atoms with E-state index in [1.165, 1.54) is 0 Å². The summed E-state index contributed by atoms with van der Waals surface area (Å²) in [7, 11) is 0. The monoisotopic (exact) mass is 374 g/mol. The van der Waals surface area contributed by atoms with Crippen molar-refractivity contribution in [1.82, 2.24) is 25.2 Å². The highest BCUT2D eigenvalue weighted by molar-refractivity contribution is 5.79. The van der Waals surface area contributed by atoms with Gasteiger partial charge in [0.05, 0.1) is 12.1 Å². The molecule has 0 unspecified atom stereocenters. The predicted octanol–water partition coefficient (Wildman–Crippen LogP) is 2.55. The summed E-state index contributed by atoms with van der Waals surface area (Å²) in [6.45, 7) is 8.25. The zero-order valence-electron chi connectivity index (χ0n) is 16.9. The number of aromatic nitrogens is 3. The Labute approximate surface area is 162 Å². The number of hydrogen-bond donors (Lipinski definition) is 3. The molecule has 0 spiro atoms. The van der Waals surface area contributed by atoms with Crippen molar-refractivity contribution in [3.8, 4) is 0 Å². The van der Waals surface area contributed by atoms with Gasteiger partial charge in [-0.25, -0.2) is 0 Å². The quantitative estimate of drug-likeness (QED) is 0.320. The Kier molecular flexibility index (Phi) is 8.51. The van der Waals surface area contributed by atoms with Gasteiger partial charge in [-0.3, -0.25) is 9.39 Å². The molecule has 0 aliphatic carbocycles. The van der Waals surface area contributed by atoms with Gasteiger partial charge in [0.25, 0.3) is 0 Å². The molecule has 2 aromatic rings. The van der Waals surface area contributed by atoms with Gasteiger partial charge in [-0.15, -0.1) is 10.2 Å². The van der Waals surface area contributed by atoms with Crippen LogP contribution in [0.25, 0.3) is 5.65 Å². The molecule has 0 radical (unpaired) electrons. The number of fused-ring (bicyclic) bond motifs is 1. The summed E-state index contributed by atoms with van der Waals surface area (Å²) >= 11 is 0. The fourth-order valence-corrected chi connectivity index (χ4v) is 3.30. The second kappa shape index (κ2) is 10.9. The lowest BCUT2D eigenvalue weighted by Gasteiger charge is -2.26. The summed E-state index contributed by atoms with van der Waals surface area (Å²) in [6.07, 6.45) is 7.24. The standard InChI is InChI=1S/C20H34N6O/c1-4-12-20(27,13-5-2)16-23-19(21-6-3)22-14-9-11-18-25-24-17-10-7-8-15-26(17)18/h7-8,10,15,27H,4-6,9,11-14,16H2,1-3H3,(H2,21,22,23). The number of aliphatic imine (C=N–C) groups is 1. The van der Waals surface area contributed by atoms with Gasteiger partial charge in [-0.05, 0) is 38.3 Å². The molecule has 0 fully saturated rings. The molecular formula is C20H34N6O. The van der Waals surface area contributed by atoms with Crippen molar-refractivity contribution in [3.63, 3.8) is 0 Å². The maximum Gasteiger partial charge on any atom is 0.191 e. The molecule has 0 atom stereocenters. The predicted molar refractivity (Wildman–Crippen MR) is 110 cm³/mol. The van der Waals surface area contributed by atoms with Crippen LogP contribution in [0.5, 0.6) is 0 Å². The number of nitrogens with zero attached hydrogens (tertiary/aromatic N) is 4. The zero-order valence-corrected chi connectivity index (χ0v) is 16.9. The molecule has 0 saturated carbocycles. The first-order valence-corrected chi connectivity index (χ1v) is 10.1. The minimum absolute atomic E-state index is 0.429. The first kappa shape index (κ1) is 21.2. The largest absolute Gasteiger partial charge is 0.388 e. The lowest BCUT2D eigenvalue weighted by Crippen LogP contribution is -2.40. The highest BCUT2D eigenvalue weighted by Crippen LogP contribution is 2.19. The van der Waals surface area contributed by atoms with Crippen LogP contribution in [0.3, 0.4) is 0 Å². The summed E-state index contributed by atoms with van der Waals surface area (Å²) in [4.78, 5) is 4.62. The third-order valence-electron chi connectivity index (χ3n) is 4.56. The van der Waals surface area contributed by atoms with Gasteiger partial charge in [0.15, 0.2) is 11.6 Å². The second-order valence-electron chi connectivity index (χ2n) is 6.99. The fourth-order valence-electron chi connectivity index (χ4n) is 3.30. The van der Waals surface area contributed by atoms with E-state index >= 15 is 0 Å². The highest BCUT2D eigenvalue weighted by Gasteiger charge is 2.24. The number of rotatable bonds is 11. The van der Waals surface area contributed by atoms with Crippen LogP contribution in [0.4, 0.5) is 0 Å². The van der Waals surface area contributed by atoms with Gasteiger partial charge in [0.2, 0.25) is 0 Å². The summed E-state index contributed by atoms with van der Waals surface area (Å²) in [5.41, 5.74) is 0.174. The van der Waals surface area contributed by atoms with Gasteiger partial charge in [-0.1, -0.05) is 32.8 Å². The minimum Gasteiger partial charge on any atom is -0.388 e. The highest BCUT2D eigenvalue weighted by atomic mass is 16.3. The maximum atomic E-state index is 10.7. The first-order chi connectivity index (χ1) is 13.1. The van der Waals surface area contributed by atoms with E-state index in [1.54, 1.807) is 0 Å². The number of aliphatic hydroxyl groups is 1. The van der Waals surface area contributed by atoms with E-state index in [0.717, 1.165) is 69.0 Å². The molecule has 2 rings (SSSR count). The van der Waals surface area contributed by atoms with E-state index in [-0.39, 0.29) is 0 Å². The molecule has 3 N–H and O–H groups in total. The summed E-state index contributed by atoms with van der Waals surface area (Å²) in [5.74, 6) is 1.73. The van der Waals surface area contributed by atoms with E-state index < -0.39 is 5.60 Å². The van der Waals surface area contributed by atoms with Gasteiger partial charge in [-0.2, -0.15) is 0 Å². The van der Waals surface area contributed by atoms with Gasteiger partial charge in [0, 0.05) is 25.7 Å². The summed E-state index contributed by atoms with van der Waals surface area (Å²) < 4.78 is 2.02. The van der Waals surface area contributed by atoms with Crippen molar-refractivity contribution in [1.29, 1.82) is 0 Å². The van der Waals surface area contributed by atoms with Crippen LogP contribution in [-0.4, -0.2) is 50.9 Å². The Bertz CT molecular complexity index is 705. The Morgan fingerprint density at radius 3 is 2.63 bits per heavy atom. The number of aryl methyl sites for hydroxylation is 1. The Balaban J connectivity index is 1.86. The smallest absolute Gasteiger partial charge is 0.191 e. The lowest BCUT2D eigenvalue weighted by atomic mass is 9.93. The summed E-state index contributed by atoms with van der Waals surface area (Å²) in [6, 6.07) is 5.91. The molecule has 27 heavy (non-hydrogen) atoms. The Morgan fingerprint density at radius 1 is 1.15 bits per heavy atom. The number of nitrogens with one attached hydrogen (secondary N) is 2. The molecule has 150 valence electrons. The average molecular weight is 375 g/mol. The van der Waals surface area contributed by atoms with Crippen molar-refractivity contribution in [3.05, 3.63) is 30.2 Å². The Morgan fingerprint density at radius 2 is 1.93 bits per heavy atom. The average Bonchev–Trinajstić information content (AvgIpc) is 3.07. The molecule has 2 heterocycles. The number of hydrogen-bond acceptors (Lipinski definition) is 4. The van der Waals surface area contributed by atoms with Crippen LogP contribution in [-0.2, 0) is 6.42 Å². The van der Waals surface area contributed by atoms with Gasteiger partial charge >= 0.3 is 0 Å². The third-order valence-corrected chi connectivity index (χ3v) is 4.56. The molecule has 0 aliphatic rings. The van der Waals surface area contributed by atoms with Gasteiger partial charge in [0.1, 0.15) is 5.82 Å². The summed E-state index contributed by atoms with van der Waals surface area (Å²) in [5, 5.41) is 25.8. The molecule has 0 aromatic carbocycles. The molecule has 0 bridgehead atoms. The molecule has 7 heteroatoms. The van der Waals surface area contributed by atoms with Crippen molar-refractivity contribution >= 4 is 11.6 Å². The van der Waals surface area contributed by atoms with E-state index in [2.05, 4.69) is 39.7 Å². The third kappa shape index (κ3) is 6.50. The van der Waals surface area contributed by atoms with Crippen LogP contribution in [0.2, 0.25) is 0 Å². The van der Waals surface area contributed by atoms with E-state index in [1.807, 2.05) is 35.7 Å². The van der Waals surface area contributed by atoms with Crippen LogP contribution >= 0.6 is 0 Å². The van der Waals surface area contributed by atoms with Crippen LogP contribution in [0.15, 0.2) is 29.4 Å². The molecule has 0 amide bonds. The second-order valence-corrected chi connectivity index (χ2v) is 6.99. The molecule has 0 aliphatic heterocycles. The minimum atomic E-state index is -0.702. The van der Waals surface area contributed by atoms with E-state index in [0.29, 0.717) is 6.54 Å². The van der Waals surface area contributed by atoms with Crippen LogP contribution < -0.4 is 10.6 Å². The van der Waals surface area contributed by atoms with Gasteiger partial charge < -0.3 is 15.7 Å². The van der Waals surface area contributed by atoms with E-state index in [4.69, 9.17) is 0 Å². The zero-order chi connectivity index (χ0) is 19.5. The molecule has 7 nitrogen and oxygen atoms in total. The van der Waals surface area contributed by atoms with Crippen molar-refractivity contribution in [2.75, 3.05) is 19.6 Å².